The molecular weight excluding hydrogens is 332 g/mol. The van der Waals surface area contributed by atoms with E-state index in [-0.39, 0.29) is 5.91 Å². The second-order valence-corrected chi connectivity index (χ2v) is 5.56. The lowest BCUT2D eigenvalue weighted by atomic mass is 9.97. The SMILES string of the molecule is COc1ccccc1-c1cc2c(cc1Br)CC(=O)NN=C2. The van der Waals surface area contributed by atoms with Crippen LogP contribution in [0.4, 0.5) is 0 Å². The van der Waals surface area contributed by atoms with Gasteiger partial charge in [-0.3, -0.25) is 4.79 Å². The largest absolute Gasteiger partial charge is 0.496 e. The Kier molecular flexibility index (Phi) is 3.75. The Labute approximate surface area is 131 Å². The number of hydrazone groups is 1. The zero-order chi connectivity index (χ0) is 14.8. The van der Waals surface area contributed by atoms with Gasteiger partial charge in [-0.05, 0) is 29.3 Å². The smallest absolute Gasteiger partial charge is 0.244 e. The Balaban J connectivity index is 2.16. The Hall–Kier alpha value is -2.14. The summed E-state index contributed by atoms with van der Waals surface area (Å²) in [6, 6.07) is 11.8. The van der Waals surface area contributed by atoms with E-state index >= 15 is 0 Å². The average molecular weight is 345 g/mol. The lowest BCUT2D eigenvalue weighted by Gasteiger charge is -2.12. The summed E-state index contributed by atoms with van der Waals surface area (Å²) in [6.45, 7) is 0. The molecule has 0 saturated heterocycles. The molecule has 1 aliphatic rings. The number of amides is 1. The van der Waals surface area contributed by atoms with Gasteiger partial charge >= 0.3 is 0 Å². The fourth-order valence-corrected chi connectivity index (χ4v) is 2.97. The van der Waals surface area contributed by atoms with E-state index in [0.29, 0.717) is 6.42 Å². The van der Waals surface area contributed by atoms with Gasteiger partial charge in [0.2, 0.25) is 5.91 Å². The molecule has 0 unspecified atom stereocenters. The highest BCUT2D eigenvalue weighted by molar-refractivity contribution is 9.10. The van der Waals surface area contributed by atoms with Crippen LogP contribution in [0, 0.1) is 0 Å². The van der Waals surface area contributed by atoms with E-state index in [1.807, 2.05) is 36.4 Å². The number of nitrogens with zero attached hydrogens (tertiary/aromatic N) is 1. The summed E-state index contributed by atoms with van der Waals surface area (Å²) in [7, 11) is 1.65. The number of carbonyl (C=O) groups is 1. The third-order valence-corrected chi connectivity index (χ3v) is 4.03. The van der Waals surface area contributed by atoms with Crippen molar-refractivity contribution in [2.75, 3.05) is 7.11 Å². The van der Waals surface area contributed by atoms with Crippen LogP contribution >= 0.6 is 15.9 Å². The molecule has 0 aromatic heterocycles. The number of halogens is 1. The van der Waals surface area contributed by atoms with Crippen molar-refractivity contribution in [3.63, 3.8) is 0 Å². The molecule has 106 valence electrons. The van der Waals surface area contributed by atoms with Gasteiger partial charge in [0.25, 0.3) is 0 Å². The summed E-state index contributed by atoms with van der Waals surface area (Å²) in [6.07, 6.45) is 1.99. The first kappa shape index (κ1) is 13.8. The molecule has 2 aromatic carbocycles. The Morgan fingerprint density at radius 1 is 1.24 bits per heavy atom. The van der Waals surface area contributed by atoms with Crippen molar-refractivity contribution < 1.29 is 9.53 Å². The van der Waals surface area contributed by atoms with Crippen molar-refractivity contribution in [2.24, 2.45) is 5.10 Å². The molecule has 5 heteroatoms. The van der Waals surface area contributed by atoms with Crippen LogP contribution < -0.4 is 10.2 Å². The van der Waals surface area contributed by atoms with Crippen LogP contribution in [-0.4, -0.2) is 19.2 Å². The number of hydrogen-bond acceptors (Lipinski definition) is 3. The summed E-state index contributed by atoms with van der Waals surface area (Å²) in [4.78, 5) is 11.6. The minimum absolute atomic E-state index is 0.109. The highest BCUT2D eigenvalue weighted by Gasteiger charge is 2.16. The van der Waals surface area contributed by atoms with Gasteiger partial charge < -0.3 is 4.74 Å². The number of ether oxygens (including phenoxy) is 1. The number of benzene rings is 2. The molecule has 1 heterocycles. The standard InChI is InChI=1S/C16H13BrN2O2/c1-21-15-5-3-2-4-12(15)13-6-11-9-18-19-16(20)8-10(11)7-14(13)17/h2-7,9H,8H2,1H3,(H,19,20). The molecule has 0 aliphatic carbocycles. The Bertz CT molecular complexity index is 741. The first-order valence-electron chi connectivity index (χ1n) is 6.47. The quantitative estimate of drug-likeness (QED) is 0.909. The molecule has 1 N–H and O–H groups in total. The predicted octanol–water partition coefficient (Wildman–Crippen LogP) is 3.13. The molecule has 0 saturated carbocycles. The zero-order valence-electron chi connectivity index (χ0n) is 11.4. The second kappa shape index (κ2) is 5.69. The van der Waals surface area contributed by atoms with Crippen molar-refractivity contribution in [1.29, 1.82) is 0 Å². The topological polar surface area (TPSA) is 50.7 Å². The summed E-state index contributed by atoms with van der Waals surface area (Å²) >= 11 is 3.59. The molecule has 1 amide bonds. The van der Waals surface area contributed by atoms with Crippen molar-refractivity contribution in [1.82, 2.24) is 5.43 Å². The second-order valence-electron chi connectivity index (χ2n) is 4.70. The third kappa shape index (κ3) is 2.69. The molecule has 0 bridgehead atoms. The van der Waals surface area contributed by atoms with Gasteiger partial charge in [-0.2, -0.15) is 5.10 Å². The molecule has 0 atom stereocenters. The van der Waals surface area contributed by atoms with Crippen molar-refractivity contribution >= 4 is 28.1 Å². The normalized spacial score (nSPS) is 13.3. The minimum Gasteiger partial charge on any atom is -0.496 e. The predicted molar refractivity (Wildman–Crippen MR) is 85.6 cm³/mol. The number of methoxy groups -OCH3 is 1. The van der Waals surface area contributed by atoms with Crippen molar-refractivity contribution in [2.45, 2.75) is 6.42 Å². The third-order valence-electron chi connectivity index (χ3n) is 3.37. The molecule has 4 nitrogen and oxygen atoms in total. The van der Waals surface area contributed by atoms with Crippen LogP contribution in [0.5, 0.6) is 5.75 Å². The van der Waals surface area contributed by atoms with E-state index in [9.17, 15) is 4.79 Å². The Morgan fingerprint density at radius 3 is 2.86 bits per heavy atom. The van der Waals surface area contributed by atoms with Gasteiger partial charge in [0.1, 0.15) is 5.75 Å². The fraction of sp³-hybridized carbons (Fsp3) is 0.125. The summed E-state index contributed by atoms with van der Waals surface area (Å²) < 4.78 is 6.34. The number of rotatable bonds is 2. The number of nitrogens with one attached hydrogen (secondary N) is 1. The van der Waals surface area contributed by atoms with Gasteiger partial charge in [-0.1, -0.05) is 34.1 Å². The maximum Gasteiger partial charge on any atom is 0.244 e. The van der Waals surface area contributed by atoms with Gasteiger partial charge in [-0.25, -0.2) is 5.43 Å². The number of hydrogen-bond donors (Lipinski definition) is 1. The van der Waals surface area contributed by atoms with Crippen LogP contribution in [-0.2, 0) is 11.2 Å². The molecule has 21 heavy (non-hydrogen) atoms. The van der Waals surface area contributed by atoms with Gasteiger partial charge in [0.15, 0.2) is 0 Å². The molecule has 0 fully saturated rings. The first-order valence-corrected chi connectivity index (χ1v) is 7.26. The van der Waals surface area contributed by atoms with Crippen LogP contribution in [0.1, 0.15) is 11.1 Å². The van der Waals surface area contributed by atoms with Crippen LogP contribution in [0.25, 0.3) is 11.1 Å². The molecule has 0 spiro atoms. The molecule has 1 aliphatic heterocycles. The molecule has 3 rings (SSSR count). The highest BCUT2D eigenvalue weighted by Crippen LogP contribution is 2.36. The van der Waals surface area contributed by atoms with Crippen molar-refractivity contribution in [3.05, 3.63) is 52.0 Å². The lowest BCUT2D eigenvalue weighted by Crippen LogP contribution is -2.17. The van der Waals surface area contributed by atoms with E-state index in [1.165, 1.54) is 0 Å². The van der Waals surface area contributed by atoms with Crippen LogP contribution in [0.2, 0.25) is 0 Å². The van der Waals surface area contributed by atoms with E-state index < -0.39 is 0 Å². The maximum atomic E-state index is 11.6. The first-order chi connectivity index (χ1) is 10.2. The molecule has 0 radical (unpaired) electrons. The lowest BCUT2D eigenvalue weighted by molar-refractivity contribution is -0.120. The summed E-state index contributed by atoms with van der Waals surface area (Å²) in [5.74, 6) is 0.694. The van der Waals surface area contributed by atoms with Crippen molar-refractivity contribution in [3.8, 4) is 16.9 Å². The zero-order valence-corrected chi connectivity index (χ0v) is 13.0. The average Bonchev–Trinajstić information content (AvgIpc) is 2.66. The maximum absolute atomic E-state index is 11.6. The number of fused-ring (bicyclic) bond motifs is 1. The van der Waals surface area contributed by atoms with E-state index in [0.717, 1.165) is 32.5 Å². The highest BCUT2D eigenvalue weighted by atomic mass is 79.9. The van der Waals surface area contributed by atoms with Gasteiger partial charge in [-0.15, -0.1) is 0 Å². The van der Waals surface area contributed by atoms with Crippen LogP contribution in [0.15, 0.2) is 46.0 Å². The molecule has 2 aromatic rings. The number of carbonyl (C=O) groups excluding carboxylic acids is 1. The summed E-state index contributed by atoms with van der Waals surface area (Å²) in [5, 5.41) is 3.93. The van der Waals surface area contributed by atoms with E-state index in [2.05, 4.69) is 26.5 Å². The fourth-order valence-electron chi connectivity index (χ4n) is 2.36. The molecular formula is C16H13BrN2O2. The van der Waals surface area contributed by atoms with Gasteiger partial charge in [0, 0.05) is 15.6 Å². The van der Waals surface area contributed by atoms with Gasteiger partial charge in [0.05, 0.1) is 19.7 Å². The number of para-hydroxylation sites is 1. The monoisotopic (exact) mass is 344 g/mol. The van der Waals surface area contributed by atoms with E-state index in [4.69, 9.17) is 4.74 Å². The Morgan fingerprint density at radius 2 is 2.05 bits per heavy atom. The summed E-state index contributed by atoms with van der Waals surface area (Å²) in [5.41, 5.74) is 6.35. The minimum atomic E-state index is -0.109. The van der Waals surface area contributed by atoms with E-state index in [1.54, 1.807) is 13.3 Å². The van der Waals surface area contributed by atoms with Crippen LogP contribution in [0.3, 0.4) is 0 Å².